The summed E-state index contributed by atoms with van der Waals surface area (Å²) in [7, 11) is 2.00. The highest BCUT2D eigenvalue weighted by Crippen LogP contribution is 2.25. The Bertz CT molecular complexity index is 652. The Morgan fingerprint density at radius 1 is 1.14 bits per heavy atom. The molecule has 1 atom stereocenters. The fourth-order valence-electron chi connectivity index (χ4n) is 2.69. The van der Waals surface area contributed by atoms with Crippen LogP contribution in [0.15, 0.2) is 66.3 Å². The summed E-state index contributed by atoms with van der Waals surface area (Å²) < 4.78 is 6.03. The number of ether oxygens (including phenoxy) is 1. The van der Waals surface area contributed by atoms with E-state index in [9.17, 15) is 0 Å². The quantitative estimate of drug-likeness (QED) is 0.746. The van der Waals surface area contributed by atoms with Gasteiger partial charge in [-0.25, -0.2) is 0 Å². The molecule has 0 aliphatic rings. The molecule has 2 heteroatoms. The second-order valence-electron chi connectivity index (χ2n) is 5.24. The van der Waals surface area contributed by atoms with Crippen molar-refractivity contribution >= 4 is 10.8 Å². The van der Waals surface area contributed by atoms with Crippen LogP contribution < -0.4 is 10.1 Å². The molecule has 1 N–H and O–H groups in total. The Hall–Kier alpha value is -2.06. The fourth-order valence-corrected chi connectivity index (χ4v) is 2.69. The third kappa shape index (κ3) is 3.99. The van der Waals surface area contributed by atoms with Gasteiger partial charge in [-0.15, -0.1) is 0 Å². The van der Waals surface area contributed by atoms with Crippen LogP contribution in [0.2, 0.25) is 0 Å². The van der Waals surface area contributed by atoms with Crippen molar-refractivity contribution in [3.63, 3.8) is 0 Å². The molecule has 0 saturated heterocycles. The van der Waals surface area contributed by atoms with Crippen molar-refractivity contribution in [2.24, 2.45) is 0 Å². The lowest BCUT2D eigenvalue weighted by molar-refractivity contribution is 0.300. The number of likely N-dealkylation sites (N-methyl/N-ethyl adjacent to an activating group) is 1. The average Bonchev–Trinajstić information content (AvgIpc) is 2.57. The van der Waals surface area contributed by atoms with E-state index in [1.165, 1.54) is 16.3 Å². The normalized spacial score (nSPS) is 13.7. The molecule has 0 aliphatic carbocycles. The van der Waals surface area contributed by atoms with Crippen LogP contribution >= 0.6 is 0 Å². The molecule has 0 saturated carbocycles. The van der Waals surface area contributed by atoms with Gasteiger partial charge < -0.3 is 10.1 Å². The SMILES string of the molecule is CC=CC(=CC)C(CCOc1cccc2ccccc12)NC. The summed E-state index contributed by atoms with van der Waals surface area (Å²) in [5, 5.41) is 5.75. The van der Waals surface area contributed by atoms with Crippen molar-refractivity contribution in [1.29, 1.82) is 0 Å². The van der Waals surface area contributed by atoms with Crippen molar-refractivity contribution in [2.75, 3.05) is 13.7 Å². The lowest BCUT2D eigenvalue weighted by Gasteiger charge is -2.18. The lowest BCUT2D eigenvalue weighted by Crippen LogP contribution is -2.28. The van der Waals surface area contributed by atoms with E-state index in [1.54, 1.807) is 0 Å². The predicted octanol–water partition coefficient (Wildman–Crippen LogP) is 4.72. The van der Waals surface area contributed by atoms with Crippen molar-refractivity contribution in [2.45, 2.75) is 26.3 Å². The van der Waals surface area contributed by atoms with Crippen LogP contribution in [-0.2, 0) is 0 Å². The van der Waals surface area contributed by atoms with Gasteiger partial charge >= 0.3 is 0 Å². The van der Waals surface area contributed by atoms with Crippen LogP contribution in [0.1, 0.15) is 20.3 Å². The highest BCUT2D eigenvalue weighted by Gasteiger charge is 2.10. The van der Waals surface area contributed by atoms with Crippen LogP contribution in [0.4, 0.5) is 0 Å². The minimum atomic E-state index is 0.316. The van der Waals surface area contributed by atoms with Crippen molar-refractivity contribution in [3.8, 4) is 5.75 Å². The summed E-state index contributed by atoms with van der Waals surface area (Å²) in [6.45, 7) is 4.81. The highest BCUT2D eigenvalue weighted by molar-refractivity contribution is 5.88. The number of hydrogen-bond acceptors (Lipinski definition) is 2. The van der Waals surface area contributed by atoms with Gasteiger partial charge in [-0.1, -0.05) is 54.6 Å². The molecule has 2 nitrogen and oxygen atoms in total. The molecule has 116 valence electrons. The molecule has 0 amide bonds. The maximum absolute atomic E-state index is 6.03. The third-order valence-corrected chi connectivity index (χ3v) is 3.86. The largest absolute Gasteiger partial charge is 0.493 e. The van der Waals surface area contributed by atoms with E-state index in [-0.39, 0.29) is 0 Å². The molecular formula is C20H25NO. The zero-order chi connectivity index (χ0) is 15.8. The van der Waals surface area contributed by atoms with Crippen molar-refractivity contribution in [1.82, 2.24) is 5.32 Å². The van der Waals surface area contributed by atoms with E-state index in [2.05, 4.69) is 60.8 Å². The summed E-state index contributed by atoms with van der Waals surface area (Å²) in [4.78, 5) is 0. The van der Waals surface area contributed by atoms with Crippen LogP contribution in [0, 0.1) is 0 Å². The molecule has 2 aromatic carbocycles. The molecular weight excluding hydrogens is 270 g/mol. The average molecular weight is 295 g/mol. The molecule has 0 bridgehead atoms. The zero-order valence-corrected chi connectivity index (χ0v) is 13.7. The summed E-state index contributed by atoms with van der Waals surface area (Å²) in [6, 6.07) is 14.8. The Balaban J connectivity index is 2.03. The van der Waals surface area contributed by atoms with E-state index in [1.807, 2.05) is 26.1 Å². The molecule has 0 aliphatic heterocycles. The Kier molecular flexibility index (Phi) is 6.23. The lowest BCUT2D eigenvalue weighted by atomic mass is 10.0. The Morgan fingerprint density at radius 2 is 1.91 bits per heavy atom. The molecule has 0 aromatic heterocycles. The van der Waals surface area contributed by atoms with E-state index in [4.69, 9.17) is 4.74 Å². The van der Waals surface area contributed by atoms with Gasteiger partial charge in [0.15, 0.2) is 0 Å². The van der Waals surface area contributed by atoms with E-state index in [0.717, 1.165) is 12.2 Å². The number of nitrogens with one attached hydrogen (secondary N) is 1. The first-order chi connectivity index (χ1) is 10.8. The summed E-state index contributed by atoms with van der Waals surface area (Å²) in [6.07, 6.45) is 7.31. The summed E-state index contributed by atoms with van der Waals surface area (Å²) in [5.74, 6) is 0.959. The molecule has 0 spiro atoms. The topological polar surface area (TPSA) is 21.3 Å². The number of hydrogen-bond donors (Lipinski definition) is 1. The maximum Gasteiger partial charge on any atom is 0.127 e. The van der Waals surface area contributed by atoms with Gasteiger partial charge in [0.2, 0.25) is 0 Å². The van der Waals surface area contributed by atoms with Crippen LogP contribution in [-0.4, -0.2) is 19.7 Å². The van der Waals surface area contributed by atoms with E-state index in [0.29, 0.717) is 12.6 Å². The fraction of sp³-hybridized carbons (Fsp3) is 0.300. The van der Waals surface area contributed by atoms with Gasteiger partial charge in [0, 0.05) is 17.8 Å². The Labute approximate surface area is 133 Å². The first kappa shape index (κ1) is 16.3. The van der Waals surface area contributed by atoms with Crippen LogP contribution in [0.5, 0.6) is 5.75 Å². The monoisotopic (exact) mass is 295 g/mol. The van der Waals surface area contributed by atoms with Crippen LogP contribution in [0.25, 0.3) is 10.8 Å². The summed E-state index contributed by atoms with van der Waals surface area (Å²) >= 11 is 0. The second-order valence-corrected chi connectivity index (χ2v) is 5.24. The predicted molar refractivity (Wildman–Crippen MR) is 95.5 cm³/mol. The first-order valence-electron chi connectivity index (χ1n) is 7.87. The van der Waals surface area contributed by atoms with Gasteiger partial charge in [0.05, 0.1) is 6.61 Å². The minimum absolute atomic E-state index is 0.316. The van der Waals surface area contributed by atoms with Gasteiger partial charge in [-0.2, -0.15) is 0 Å². The van der Waals surface area contributed by atoms with Gasteiger partial charge in [-0.05, 0) is 37.9 Å². The van der Waals surface area contributed by atoms with E-state index >= 15 is 0 Å². The summed E-state index contributed by atoms with van der Waals surface area (Å²) in [5.41, 5.74) is 1.30. The first-order valence-corrected chi connectivity index (χ1v) is 7.87. The zero-order valence-electron chi connectivity index (χ0n) is 13.7. The van der Waals surface area contributed by atoms with Crippen molar-refractivity contribution in [3.05, 3.63) is 66.3 Å². The number of benzene rings is 2. The molecule has 0 heterocycles. The molecule has 1 unspecified atom stereocenters. The molecule has 0 fully saturated rings. The molecule has 2 aromatic rings. The van der Waals surface area contributed by atoms with Gasteiger partial charge in [-0.3, -0.25) is 0 Å². The highest BCUT2D eigenvalue weighted by atomic mass is 16.5. The molecule has 22 heavy (non-hydrogen) atoms. The second kappa shape index (κ2) is 8.40. The smallest absolute Gasteiger partial charge is 0.127 e. The number of rotatable bonds is 7. The third-order valence-electron chi connectivity index (χ3n) is 3.86. The maximum atomic E-state index is 6.03. The van der Waals surface area contributed by atoms with E-state index < -0.39 is 0 Å². The van der Waals surface area contributed by atoms with Gasteiger partial charge in [0.1, 0.15) is 5.75 Å². The molecule has 2 rings (SSSR count). The number of fused-ring (bicyclic) bond motifs is 1. The minimum Gasteiger partial charge on any atom is -0.493 e. The Morgan fingerprint density at radius 3 is 2.64 bits per heavy atom. The standard InChI is InChI=1S/C20H25NO/c1-4-9-16(5-2)19(21-3)14-15-22-20-13-8-11-17-10-6-7-12-18(17)20/h4-13,19,21H,14-15H2,1-3H3. The van der Waals surface area contributed by atoms with Crippen LogP contribution in [0.3, 0.4) is 0 Å². The van der Waals surface area contributed by atoms with Crippen molar-refractivity contribution < 1.29 is 4.74 Å². The van der Waals surface area contributed by atoms with Gasteiger partial charge in [0.25, 0.3) is 0 Å². The number of allylic oxidation sites excluding steroid dienone is 2. The molecule has 0 radical (unpaired) electrons.